The molecule has 0 bridgehead atoms. The maximum absolute atomic E-state index is 12.7. The van der Waals surface area contributed by atoms with E-state index in [0.717, 1.165) is 97.7 Å². The number of nitrogens with zero attached hydrogens (tertiary/aromatic N) is 3. The number of carbonyl (C=O) groups excluding carboxylic acids is 1. The summed E-state index contributed by atoms with van der Waals surface area (Å²) in [6.45, 7) is 8.75. The molecule has 318 valence electrons. The van der Waals surface area contributed by atoms with Gasteiger partial charge in [-0.15, -0.1) is 0 Å². The first-order valence-electron chi connectivity index (χ1n) is 18.6. The Bertz CT molecular complexity index is 1880. The first-order chi connectivity index (χ1) is 28.3. The zero-order valence-electron chi connectivity index (χ0n) is 33.4. The highest BCUT2D eigenvalue weighted by Gasteiger charge is 2.36. The molecule has 0 radical (unpaired) electrons. The van der Waals surface area contributed by atoms with Crippen LogP contribution >= 0.6 is 11.8 Å². The lowest BCUT2D eigenvalue weighted by Gasteiger charge is -2.34. The molecule has 59 heavy (non-hydrogen) atoms. The smallest absolute Gasteiger partial charge is 0.328 e. The minimum Gasteiger partial charge on any atom is -0.497 e. The number of methoxy groups -OCH3 is 3. The van der Waals surface area contributed by atoms with Crippen LogP contribution in [0.25, 0.3) is 0 Å². The van der Waals surface area contributed by atoms with E-state index >= 15 is 0 Å². The number of rotatable bonds is 17. The highest BCUT2D eigenvalue weighted by atomic mass is 32.2. The van der Waals surface area contributed by atoms with E-state index in [1.165, 1.54) is 5.56 Å². The lowest BCUT2D eigenvalue weighted by atomic mass is 10.1. The van der Waals surface area contributed by atoms with Crippen LogP contribution in [0.3, 0.4) is 0 Å². The van der Waals surface area contributed by atoms with Gasteiger partial charge in [0.15, 0.2) is 11.5 Å². The van der Waals surface area contributed by atoms with Gasteiger partial charge in [-0.25, -0.2) is 19.2 Å². The summed E-state index contributed by atoms with van der Waals surface area (Å²) >= 11 is 1.68. The van der Waals surface area contributed by atoms with Crippen LogP contribution < -0.4 is 23.8 Å². The van der Waals surface area contributed by atoms with Gasteiger partial charge in [-0.3, -0.25) is 9.69 Å². The topological polar surface area (TPSA) is 213 Å². The number of benzene rings is 3. The molecule has 3 aromatic rings. The summed E-state index contributed by atoms with van der Waals surface area (Å²) in [5.41, 5.74) is 3.17. The third-order valence-electron chi connectivity index (χ3n) is 8.91. The summed E-state index contributed by atoms with van der Waals surface area (Å²) in [5.74, 6) is -1.89. The number of piperazine rings is 1. The Hall–Kier alpha value is -6.04. The van der Waals surface area contributed by atoms with Crippen molar-refractivity contribution in [3.05, 3.63) is 96.1 Å². The fourth-order valence-electron chi connectivity index (χ4n) is 6.04. The number of hydrogen-bond acceptors (Lipinski definition) is 12. The van der Waals surface area contributed by atoms with Gasteiger partial charge in [0.1, 0.15) is 16.9 Å². The van der Waals surface area contributed by atoms with E-state index in [4.69, 9.17) is 39.4 Å². The van der Waals surface area contributed by atoms with Crippen molar-refractivity contribution in [3.8, 4) is 23.0 Å². The van der Waals surface area contributed by atoms with Crippen molar-refractivity contribution in [3.63, 3.8) is 0 Å². The summed E-state index contributed by atoms with van der Waals surface area (Å²) in [6, 6.07) is 20.1. The zero-order valence-corrected chi connectivity index (χ0v) is 34.3. The van der Waals surface area contributed by atoms with Gasteiger partial charge in [-0.2, -0.15) is 0 Å². The average Bonchev–Trinajstić information content (AvgIpc) is 3.62. The molecule has 2 aliphatic rings. The SMILES string of the molecule is COc1ccc(OCCCCN2CCN(CCc3ccc(OC)c(OC)c3)CC2)c(C2Sc3ccccc3N2C(C)=O)c1.O=C(O)/C=C/C(=O)O.O=C(O)/C=C/C(=O)O. The maximum Gasteiger partial charge on any atom is 0.328 e. The Morgan fingerprint density at radius 2 is 1.24 bits per heavy atom. The van der Waals surface area contributed by atoms with E-state index in [1.54, 1.807) is 40.0 Å². The van der Waals surface area contributed by atoms with Crippen molar-refractivity contribution in [2.24, 2.45) is 0 Å². The number of carboxylic acids is 4. The van der Waals surface area contributed by atoms with Crippen molar-refractivity contribution in [2.75, 3.05) is 72.1 Å². The van der Waals surface area contributed by atoms with Crippen molar-refractivity contribution < 1.29 is 63.3 Å². The van der Waals surface area contributed by atoms with Crippen LogP contribution in [0, 0.1) is 0 Å². The van der Waals surface area contributed by atoms with E-state index in [2.05, 4.69) is 28.0 Å². The molecule has 1 amide bonds. The normalized spacial score (nSPS) is 15.0. The Balaban J connectivity index is 0.000000490. The van der Waals surface area contributed by atoms with Gasteiger partial charge in [0.25, 0.3) is 0 Å². The molecule has 2 heterocycles. The number of aliphatic carboxylic acids is 4. The molecule has 16 nitrogen and oxygen atoms in total. The molecular formula is C42H51N3O13S. The lowest BCUT2D eigenvalue weighted by Crippen LogP contribution is -2.47. The van der Waals surface area contributed by atoms with Crippen LogP contribution in [0.1, 0.15) is 36.3 Å². The molecule has 17 heteroatoms. The number of hydrogen-bond donors (Lipinski definition) is 4. The molecular weight excluding hydrogens is 787 g/mol. The highest BCUT2D eigenvalue weighted by Crippen LogP contribution is 2.53. The number of carbonyl (C=O) groups is 5. The van der Waals surface area contributed by atoms with Gasteiger partial charge < -0.3 is 49.2 Å². The van der Waals surface area contributed by atoms with Crippen molar-refractivity contribution in [1.29, 1.82) is 0 Å². The Morgan fingerprint density at radius 1 is 0.678 bits per heavy atom. The number of unbranched alkanes of at least 4 members (excludes halogenated alkanes) is 1. The predicted octanol–water partition coefficient (Wildman–Crippen LogP) is 5.31. The molecule has 1 fully saturated rings. The van der Waals surface area contributed by atoms with Crippen LogP contribution in [0.2, 0.25) is 0 Å². The van der Waals surface area contributed by atoms with Gasteiger partial charge in [-0.1, -0.05) is 30.0 Å². The predicted molar refractivity (Wildman–Crippen MR) is 221 cm³/mol. The number of amides is 1. The molecule has 5 rings (SSSR count). The number of thioether (sulfide) groups is 1. The van der Waals surface area contributed by atoms with Gasteiger partial charge in [0, 0.05) is 74.4 Å². The van der Waals surface area contributed by atoms with Crippen molar-refractivity contribution in [1.82, 2.24) is 9.80 Å². The number of para-hydroxylation sites is 1. The second-order valence-corrected chi connectivity index (χ2v) is 14.1. The van der Waals surface area contributed by atoms with Crippen LogP contribution in [0.4, 0.5) is 5.69 Å². The number of fused-ring (bicyclic) bond motifs is 1. The summed E-state index contributed by atoms with van der Waals surface area (Å²) < 4.78 is 22.7. The summed E-state index contributed by atoms with van der Waals surface area (Å²) in [5, 5.41) is 31.1. The second-order valence-electron chi connectivity index (χ2n) is 12.9. The van der Waals surface area contributed by atoms with Gasteiger partial charge in [-0.05, 0) is 73.8 Å². The molecule has 2 aliphatic heterocycles. The van der Waals surface area contributed by atoms with Crippen LogP contribution in [-0.4, -0.2) is 127 Å². The largest absolute Gasteiger partial charge is 0.497 e. The first-order valence-corrected chi connectivity index (χ1v) is 19.4. The molecule has 0 aliphatic carbocycles. The van der Waals surface area contributed by atoms with E-state index in [9.17, 15) is 24.0 Å². The quantitative estimate of drug-likeness (QED) is 0.100. The fraction of sp³-hybridized carbons (Fsp3) is 0.357. The zero-order chi connectivity index (χ0) is 43.3. The average molecular weight is 838 g/mol. The highest BCUT2D eigenvalue weighted by molar-refractivity contribution is 8.00. The minimum absolute atomic E-state index is 0.0114. The number of carboxylic acid groups (broad SMARTS) is 4. The number of anilines is 1. The Labute approximate surface area is 347 Å². The molecule has 1 unspecified atom stereocenters. The third-order valence-corrected chi connectivity index (χ3v) is 10.2. The molecule has 1 saturated heterocycles. The van der Waals surface area contributed by atoms with Crippen molar-refractivity contribution in [2.45, 2.75) is 36.5 Å². The van der Waals surface area contributed by atoms with E-state index in [1.807, 2.05) is 47.4 Å². The number of ether oxygens (including phenoxy) is 4. The van der Waals surface area contributed by atoms with Crippen LogP contribution in [-0.2, 0) is 30.4 Å². The maximum atomic E-state index is 12.7. The Kier molecular flexibility index (Phi) is 19.8. The monoisotopic (exact) mass is 837 g/mol. The van der Waals surface area contributed by atoms with Gasteiger partial charge >= 0.3 is 23.9 Å². The van der Waals surface area contributed by atoms with E-state index < -0.39 is 23.9 Å². The first kappa shape index (κ1) is 47.3. The molecule has 0 spiro atoms. The summed E-state index contributed by atoms with van der Waals surface area (Å²) in [4.78, 5) is 59.0. The van der Waals surface area contributed by atoms with Gasteiger partial charge in [0.2, 0.25) is 5.91 Å². The molecule has 4 N–H and O–H groups in total. The van der Waals surface area contributed by atoms with Gasteiger partial charge in [0.05, 0.1) is 33.6 Å². The third kappa shape index (κ3) is 16.0. The van der Waals surface area contributed by atoms with Crippen LogP contribution in [0.5, 0.6) is 23.0 Å². The Morgan fingerprint density at radius 3 is 1.78 bits per heavy atom. The summed E-state index contributed by atoms with van der Waals surface area (Å²) in [6.07, 6.45) is 5.29. The molecule has 3 aromatic carbocycles. The van der Waals surface area contributed by atoms with Crippen LogP contribution in [0.15, 0.2) is 89.9 Å². The lowest BCUT2D eigenvalue weighted by molar-refractivity contribution is -0.134. The second kappa shape index (κ2) is 24.7. The van der Waals surface area contributed by atoms with E-state index in [-0.39, 0.29) is 11.3 Å². The fourth-order valence-corrected chi connectivity index (χ4v) is 7.40. The molecule has 0 saturated carbocycles. The standard InChI is InChI=1S/C34H43N3O5S.2C4H4O4/c1-25(38)37-29-9-5-6-10-33(29)43-34(37)28-24-27(39-2)12-14-30(28)42-22-8-7-16-35-18-20-36(21-19-35)17-15-26-11-13-31(40-3)32(23-26)41-4;2*5-3(6)1-2-4(7)8/h5-6,9-14,23-24,34H,7-8,15-22H2,1-4H3;2*1-2H,(H,5,6)(H,7,8)/b;2*2-1+. The van der Waals surface area contributed by atoms with E-state index in [0.29, 0.717) is 30.9 Å². The van der Waals surface area contributed by atoms with Crippen molar-refractivity contribution >= 4 is 47.2 Å². The molecule has 1 atom stereocenters. The minimum atomic E-state index is -1.26. The molecule has 0 aromatic heterocycles. The summed E-state index contributed by atoms with van der Waals surface area (Å²) in [7, 11) is 5.01.